The fraction of sp³-hybridized carbons (Fsp3) is 0.667. The molecule has 1 saturated carbocycles. The Morgan fingerprint density at radius 2 is 1.91 bits per heavy atom. The first-order chi connectivity index (χ1) is 11.1. The summed E-state index contributed by atoms with van der Waals surface area (Å²) in [6.45, 7) is 0. The van der Waals surface area contributed by atoms with E-state index >= 15 is 0 Å². The van der Waals surface area contributed by atoms with Crippen molar-refractivity contribution in [3.8, 4) is 0 Å². The first-order valence-corrected chi connectivity index (χ1v) is 9.64. The van der Waals surface area contributed by atoms with E-state index in [1.165, 1.54) is 29.7 Å². The van der Waals surface area contributed by atoms with Crippen molar-refractivity contribution in [2.75, 3.05) is 0 Å². The predicted octanol–water partition coefficient (Wildman–Crippen LogP) is 3.48. The van der Waals surface area contributed by atoms with Crippen LogP contribution in [0.2, 0.25) is 0 Å². The molecule has 5 heteroatoms. The minimum atomic E-state index is -0.839. The van der Waals surface area contributed by atoms with Crippen molar-refractivity contribution in [3.05, 3.63) is 21.4 Å². The molecule has 1 N–H and O–H groups in total. The molecule has 1 aliphatic heterocycles. The lowest BCUT2D eigenvalue weighted by atomic mass is 9.84. The van der Waals surface area contributed by atoms with Crippen LogP contribution in [0.1, 0.15) is 65.1 Å². The maximum atomic E-state index is 13.1. The van der Waals surface area contributed by atoms with Crippen LogP contribution < -0.4 is 0 Å². The number of amides is 1. The number of aryl methyl sites for hydroxylation is 2. The van der Waals surface area contributed by atoms with Crippen molar-refractivity contribution in [1.29, 1.82) is 0 Å². The molecule has 1 aromatic heterocycles. The summed E-state index contributed by atoms with van der Waals surface area (Å²) in [7, 11) is 0. The van der Waals surface area contributed by atoms with Gasteiger partial charge in [0, 0.05) is 10.9 Å². The van der Waals surface area contributed by atoms with Crippen molar-refractivity contribution < 1.29 is 14.7 Å². The number of fused-ring (bicyclic) bond motifs is 2. The van der Waals surface area contributed by atoms with Gasteiger partial charge in [-0.1, -0.05) is 12.8 Å². The second kappa shape index (κ2) is 5.93. The number of carbonyl (C=O) groups excluding carboxylic acids is 1. The van der Waals surface area contributed by atoms with Crippen molar-refractivity contribution in [3.63, 3.8) is 0 Å². The van der Waals surface area contributed by atoms with Crippen molar-refractivity contribution >= 4 is 23.2 Å². The van der Waals surface area contributed by atoms with E-state index in [0.717, 1.165) is 37.0 Å². The van der Waals surface area contributed by atoms with E-state index in [4.69, 9.17) is 0 Å². The third-order valence-corrected chi connectivity index (χ3v) is 7.04. The maximum absolute atomic E-state index is 13.1. The monoisotopic (exact) mass is 333 g/mol. The van der Waals surface area contributed by atoms with Gasteiger partial charge in [0.25, 0.3) is 5.91 Å². The molecular formula is C18H23NO3S. The fourth-order valence-corrected chi connectivity index (χ4v) is 5.89. The molecule has 1 amide bonds. The number of carboxylic acids is 1. The van der Waals surface area contributed by atoms with Gasteiger partial charge in [-0.05, 0) is 62.5 Å². The minimum Gasteiger partial charge on any atom is -0.480 e. The van der Waals surface area contributed by atoms with Gasteiger partial charge in [-0.25, -0.2) is 4.79 Å². The molecule has 4 nitrogen and oxygen atoms in total. The lowest BCUT2D eigenvalue weighted by molar-refractivity contribution is -0.141. The summed E-state index contributed by atoms with van der Waals surface area (Å²) >= 11 is 1.60. The van der Waals surface area contributed by atoms with E-state index in [9.17, 15) is 14.7 Å². The summed E-state index contributed by atoms with van der Waals surface area (Å²) in [6.07, 6.45) is 9.48. The van der Waals surface area contributed by atoms with E-state index in [0.29, 0.717) is 12.3 Å². The normalized spacial score (nSPS) is 29.9. The number of nitrogens with zero attached hydrogens (tertiary/aromatic N) is 1. The number of thiophene rings is 1. The molecule has 4 rings (SSSR count). The van der Waals surface area contributed by atoms with Gasteiger partial charge in [-0.15, -0.1) is 11.3 Å². The zero-order valence-electron chi connectivity index (χ0n) is 13.3. The molecule has 2 aliphatic carbocycles. The number of likely N-dealkylation sites (tertiary alicyclic amines) is 1. The summed E-state index contributed by atoms with van der Waals surface area (Å²) in [4.78, 5) is 28.6. The second-order valence-corrected chi connectivity index (χ2v) is 8.32. The standard InChI is InChI=1S/C18H23NO3S/c20-17(16-10-12-6-2-4-8-15(12)23-16)19-13-7-3-1-5-11(13)9-14(19)18(21)22/h10-11,13-14H,1-9H2,(H,21,22). The first-order valence-electron chi connectivity index (χ1n) is 8.82. The summed E-state index contributed by atoms with van der Waals surface area (Å²) in [5, 5.41) is 9.60. The van der Waals surface area contributed by atoms with E-state index in [-0.39, 0.29) is 11.9 Å². The smallest absolute Gasteiger partial charge is 0.326 e. The Hall–Kier alpha value is -1.36. The molecule has 23 heavy (non-hydrogen) atoms. The van der Waals surface area contributed by atoms with Crippen LogP contribution in [0, 0.1) is 5.92 Å². The molecule has 3 atom stereocenters. The summed E-state index contributed by atoms with van der Waals surface area (Å²) < 4.78 is 0. The van der Waals surface area contributed by atoms with E-state index < -0.39 is 12.0 Å². The molecule has 0 spiro atoms. The van der Waals surface area contributed by atoms with Gasteiger partial charge >= 0.3 is 5.97 Å². The van der Waals surface area contributed by atoms with Gasteiger partial charge in [0.1, 0.15) is 6.04 Å². The number of hydrogen-bond acceptors (Lipinski definition) is 3. The van der Waals surface area contributed by atoms with Gasteiger partial charge in [-0.2, -0.15) is 0 Å². The van der Waals surface area contributed by atoms with Gasteiger partial charge in [0.15, 0.2) is 0 Å². The van der Waals surface area contributed by atoms with E-state index in [1.807, 2.05) is 6.07 Å². The molecule has 0 aromatic carbocycles. The summed E-state index contributed by atoms with van der Waals surface area (Å²) in [5.74, 6) is -0.497. The Balaban J connectivity index is 1.64. The van der Waals surface area contributed by atoms with Crippen LogP contribution in [-0.2, 0) is 17.6 Å². The Kier molecular flexibility index (Phi) is 3.92. The summed E-state index contributed by atoms with van der Waals surface area (Å²) in [6, 6.07) is 1.54. The van der Waals surface area contributed by atoms with Crippen LogP contribution in [0.15, 0.2) is 6.07 Å². The Bertz CT molecular complexity index is 615. The van der Waals surface area contributed by atoms with E-state index in [2.05, 4.69) is 0 Å². The molecule has 2 heterocycles. The van der Waals surface area contributed by atoms with Gasteiger partial charge < -0.3 is 10.0 Å². The number of hydrogen-bond donors (Lipinski definition) is 1. The van der Waals surface area contributed by atoms with Gasteiger partial charge in [0.05, 0.1) is 4.88 Å². The second-order valence-electron chi connectivity index (χ2n) is 7.18. The predicted molar refractivity (Wildman–Crippen MR) is 88.9 cm³/mol. The lowest BCUT2D eigenvalue weighted by Crippen LogP contribution is -2.46. The number of rotatable bonds is 2. The van der Waals surface area contributed by atoms with E-state index in [1.54, 1.807) is 16.2 Å². The molecule has 1 aromatic rings. The topological polar surface area (TPSA) is 57.6 Å². The summed E-state index contributed by atoms with van der Waals surface area (Å²) in [5.41, 5.74) is 1.32. The largest absolute Gasteiger partial charge is 0.480 e. The van der Waals surface area contributed by atoms with Crippen LogP contribution in [0.5, 0.6) is 0 Å². The molecule has 3 aliphatic rings. The van der Waals surface area contributed by atoms with Gasteiger partial charge in [0.2, 0.25) is 0 Å². The molecule has 3 unspecified atom stereocenters. The molecule has 0 radical (unpaired) electrons. The SMILES string of the molecule is O=C(O)C1CC2CCCCC2N1C(=O)c1cc2c(s1)CCCC2. The van der Waals surface area contributed by atoms with Crippen molar-refractivity contribution in [1.82, 2.24) is 4.90 Å². The minimum absolute atomic E-state index is 0.0359. The van der Waals surface area contributed by atoms with Crippen molar-refractivity contribution in [2.45, 2.75) is 69.9 Å². The van der Waals surface area contributed by atoms with Crippen LogP contribution in [0.25, 0.3) is 0 Å². The first kappa shape index (κ1) is 15.2. The quantitative estimate of drug-likeness (QED) is 0.901. The molecule has 0 bridgehead atoms. The Morgan fingerprint density at radius 3 is 2.70 bits per heavy atom. The number of carboxylic acid groups (broad SMARTS) is 1. The molecule has 1 saturated heterocycles. The van der Waals surface area contributed by atoms with Crippen LogP contribution >= 0.6 is 11.3 Å². The third-order valence-electron chi connectivity index (χ3n) is 5.81. The fourth-order valence-electron chi connectivity index (χ4n) is 4.70. The van der Waals surface area contributed by atoms with Crippen LogP contribution in [-0.4, -0.2) is 34.0 Å². The highest BCUT2D eigenvalue weighted by Crippen LogP contribution is 2.41. The molecule has 124 valence electrons. The van der Waals surface area contributed by atoms with Crippen LogP contribution in [0.3, 0.4) is 0 Å². The van der Waals surface area contributed by atoms with Crippen LogP contribution in [0.4, 0.5) is 0 Å². The number of aliphatic carboxylic acids is 1. The zero-order chi connectivity index (χ0) is 16.0. The third kappa shape index (κ3) is 2.59. The zero-order valence-corrected chi connectivity index (χ0v) is 14.1. The average Bonchev–Trinajstić information content (AvgIpc) is 3.15. The molecular weight excluding hydrogens is 310 g/mol. The van der Waals surface area contributed by atoms with Gasteiger partial charge in [-0.3, -0.25) is 4.79 Å². The Morgan fingerprint density at radius 1 is 1.13 bits per heavy atom. The van der Waals surface area contributed by atoms with Crippen molar-refractivity contribution in [2.24, 2.45) is 5.92 Å². The molecule has 2 fully saturated rings. The number of carbonyl (C=O) groups is 2. The Labute approximate surface area is 140 Å². The highest BCUT2D eigenvalue weighted by atomic mass is 32.1. The highest BCUT2D eigenvalue weighted by molar-refractivity contribution is 7.14. The maximum Gasteiger partial charge on any atom is 0.326 e. The lowest BCUT2D eigenvalue weighted by Gasteiger charge is -2.32. The average molecular weight is 333 g/mol. The highest BCUT2D eigenvalue weighted by Gasteiger charge is 2.48.